The minimum atomic E-state index is 0.350. The Bertz CT molecular complexity index is 507. The summed E-state index contributed by atoms with van der Waals surface area (Å²) in [5.74, 6) is 2.06. The van der Waals surface area contributed by atoms with Gasteiger partial charge in [0, 0.05) is 0 Å². The van der Waals surface area contributed by atoms with Crippen LogP contribution in [0.2, 0.25) is 0 Å². The summed E-state index contributed by atoms with van der Waals surface area (Å²) in [6.07, 6.45) is 0.963. The number of methoxy groups -OCH3 is 1. The second kappa shape index (κ2) is 4.97. The van der Waals surface area contributed by atoms with Crippen LogP contribution in [0, 0.1) is 0 Å². The number of hydrogen-bond acceptors (Lipinski definition) is 4. The first-order valence-electron chi connectivity index (χ1n) is 5.57. The number of benzene rings is 1. The lowest BCUT2D eigenvalue weighted by atomic mass is 10.1. The molecule has 0 bridgehead atoms. The summed E-state index contributed by atoms with van der Waals surface area (Å²) >= 11 is 0. The summed E-state index contributed by atoms with van der Waals surface area (Å²) in [6, 6.07) is 6.02. The number of nitrogens with zero attached hydrogens (tertiary/aromatic N) is 2. The summed E-state index contributed by atoms with van der Waals surface area (Å²) in [5.41, 5.74) is 7.62. The molecule has 0 aliphatic rings. The van der Waals surface area contributed by atoms with Crippen molar-refractivity contribution in [1.82, 2.24) is 15.2 Å². The molecule has 0 saturated carbocycles. The maximum absolute atomic E-state index is 5.50. The molecular weight excluding hydrogens is 216 g/mol. The van der Waals surface area contributed by atoms with E-state index in [4.69, 9.17) is 10.5 Å². The van der Waals surface area contributed by atoms with Crippen molar-refractivity contribution in [2.24, 2.45) is 5.73 Å². The molecule has 0 atom stereocenters. The fourth-order valence-corrected chi connectivity index (χ4v) is 1.66. The van der Waals surface area contributed by atoms with Crippen molar-refractivity contribution in [2.75, 3.05) is 7.11 Å². The van der Waals surface area contributed by atoms with E-state index in [-0.39, 0.29) is 0 Å². The highest BCUT2D eigenvalue weighted by Gasteiger charge is 2.11. The van der Waals surface area contributed by atoms with Crippen molar-refractivity contribution >= 4 is 0 Å². The van der Waals surface area contributed by atoms with Crippen LogP contribution in [-0.2, 0) is 13.0 Å². The van der Waals surface area contributed by atoms with Crippen LogP contribution in [0.25, 0.3) is 11.4 Å². The van der Waals surface area contributed by atoms with Crippen LogP contribution >= 0.6 is 0 Å². The van der Waals surface area contributed by atoms with Crippen molar-refractivity contribution in [3.63, 3.8) is 0 Å². The van der Waals surface area contributed by atoms with Crippen molar-refractivity contribution < 1.29 is 4.74 Å². The molecule has 0 fully saturated rings. The van der Waals surface area contributed by atoms with Gasteiger partial charge in [-0.2, -0.15) is 5.10 Å². The molecule has 0 aliphatic carbocycles. The van der Waals surface area contributed by atoms with Gasteiger partial charge in [-0.05, 0) is 24.1 Å². The molecule has 0 saturated heterocycles. The minimum absolute atomic E-state index is 0.350. The lowest BCUT2D eigenvalue weighted by Gasteiger charge is -2.07. The van der Waals surface area contributed by atoms with E-state index in [2.05, 4.69) is 22.1 Å². The first-order chi connectivity index (χ1) is 8.28. The van der Waals surface area contributed by atoms with Crippen molar-refractivity contribution in [1.29, 1.82) is 0 Å². The number of nitrogens with one attached hydrogen (secondary N) is 1. The molecule has 90 valence electrons. The number of ether oxygens (including phenoxy) is 1. The molecule has 2 aromatic rings. The monoisotopic (exact) mass is 232 g/mol. The van der Waals surface area contributed by atoms with Crippen LogP contribution < -0.4 is 10.5 Å². The Morgan fingerprint density at radius 2 is 2.24 bits per heavy atom. The Labute approximate surface area is 100 Å². The molecular formula is C12H16N4O. The zero-order valence-corrected chi connectivity index (χ0v) is 10.0. The highest BCUT2D eigenvalue weighted by molar-refractivity contribution is 5.65. The first kappa shape index (κ1) is 11.6. The lowest BCUT2D eigenvalue weighted by molar-refractivity contribution is 0.416. The van der Waals surface area contributed by atoms with Gasteiger partial charge in [-0.3, -0.25) is 5.10 Å². The average molecular weight is 232 g/mol. The SMILES string of the molecule is CCc1ccc(OC)c(-c2n[nH]c(CN)n2)c1. The highest BCUT2D eigenvalue weighted by Crippen LogP contribution is 2.28. The Hall–Kier alpha value is -1.88. The molecule has 0 aliphatic heterocycles. The predicted molar refractivity (Wildman–Crippen MR) is 65.6 cm³/mol. The topological polar surface area (TPSA) is 76.8 Å². The number of nitrogens with two attached hydrogens (primary N) is 1. The van der Waals surface area contributed by atoms with E-state index in [1.165, 1.54) is 5.56 Å². The van der Waals surface area contributed by atoms with Gasteiger partial charge in [0.25, 0.3) is 0 Å². The van der Waals surface area contributed by atoms with Crippen LogP contribution in [0.3, 0.4) is 0 Å². The molecule has 0 spiro atoms. The molecule has 1 heterocycles. The van der Waals surface area contributed by atoms with E-state index in [1.54, 1.807) is 7.11 Å². The highest BCUT2D eigenvalue weighted by atomic mass is 16.5. The summed E-state index contributed by atoms with van der Waals surface area (Å²) < 4.78 is 5.32. The first-order valence-corrected chi connectivity index (χ1v) is 5.57. The van der Waals surface area contributed by atoms with Gasteiger partial charge < -0.3 is 10.5 Å². The normalized spacial score (nSPS) is 10.5. The maximum Gasteiger partial charge on any atom is 0.184 e. The molecule has 1 aromatic carbocycles. The molecule has 0 unspecified atom stereocenters. The van der Waals surface area contributed by atoms with E-state index in [0.717, 1.165) is 17.7 Å². The summed E-state index contributed by atoms with van der Waals surface area (Å²) in [7, 11) is 1.64. The fraction of sp³-hybridized carbons (Fsp3) is 0.333. The molecule has 5 heteroatoms. The molecule has 0 radical (unpaired) electrons. The molecule has 2 rings (SSSR count). The number of aryl methyl sites for hydroxylation is 1. The van der Waals surface area contributed by atoms with Crippen molar-refractivity contribution in [3.8, 4) is 17.1 Å². The standard InChI is InChI=1S/C12H16N4O/c1-3-8-4-5-10(17-2)9(6-8)12-14-11(7-13)15-16-12/h4-6H,3,7,13H2,1-2H3,(H,14,15,16). The van der Waals surface area contributed by atoms with Crippen LogP contribution in [0.5, 0.6) is 5.75 Å². The fourth-order valence-electron chi connectivity index (χ4n) is 1.66. The third-order valence-electron chi connectivity index (χ3n) is 2.64. The Morgan fingerprint density at radius 1 is 1.41 bits per heavy atom. The van der Waals surface area contributed by atoms with Gasteiger partial charge in [-0.15, -0.1) is 0 Å². The number of hydrogen-bond donors (Lipinski definition) is 2. The summed E-state index contributed by atoms with van der Waals surface area (Å²) in [6.45, 7) is 2.46. The van der Waals surface area contributed by atoms with E-state index in [9.17, 15) is 0 Å². The minimum Gasteiger partial charge on any atom is -0.496 e. The van der Waals surface area contributed by atoms with Gasteiger partial charge in [-0.1, -0.05) is 13.0 Å². The van der Waals surface area contributed by atoms with Crippen molar-refractivity contribution in [2.45, 2.75) is 19.9 Å². The van der Waals surface area contributed by atoms with E-state index in [1.807, 2.05) is 18.2 Å². The zero-order chi connectivity index (χ0) is 12.3. The van der Waals surface area contributed by atoms with E-state index in [0.29, 0.717) is 18.2 Å². The van der Waals surface area contributed by atoms with Gasteiger partial charge in [0.2, 0.25) is 0 Å². The quantitative estimate of drug-likeness (QED) is 0.837. The number of aromatic amines is 1. The predicted octanol–water partition coefficient (Wildman–Crippen LogP) is 1.50. The zero-order valence-electron chi connectivity index (χ0n) is 10.0. The largest absolute Gasteiger partial charge is 0.496 e. The van der Waals surface area contributed by atoms with Crippen LogP contribution in [-0.4, -0.2) is 22.3 Å². The average Bonchev–Trinajstić information content (AvgIpc) is 2.86. The molecule has 17 heavy (non-hydrogen) atoms. The summed E-state index contributed by atoms with van der Waals surface area (Å²) in [5, 5.41) is 6.95. The number of rotatable bonds is 4. The molecule has 1 aromatic heterocycles. The van der Waals surface area contributed by atoms with Gasteiger partial charge in [0.15, 0.2) is 5.82 Å². The third-order valence-corrected chi connectivity index (χ3v) is 2.64. The Balaban J connectivity index is 2.47. The lowest BCUT2D eigenvalue weighted by Crippen LogP contribution is -1.98. The number of aromatic nitrogens is 3. The van der Waals surface area contributed by atoms with Crippen LogP contribution in [0.15, 0.2) is 18.2 Å². The smallest absolute Gasteiger partial charge is 0.184 e. The van der Waals surface area contributed by atoms with E-state index >= 15 is 0 Å². The molecule has 3 N–H and O–H groups in total. The molecule has 5 nitrogen and oxygen atoms in total. The maximum atomic E-state index is 5.50. The van der Waals surface area contributed by atoms with Crippen LogP contribution in [0.1, 0.15) is 18.3 Å². The second-order valence-corrected chi connectivity index (χ2v) is 3.70. The summed E-state index contributed by atoms with van der Waals surface area (Å²) in [4.78, 5) is 4.31. The Kier molecular flexibility index (Phi) is 3.39. The number of H-pyrrole nitrogens is 1. The Morgan fingerprint density at radius 3 is 2.82 bits per heavy atom. The van der Waals surface area contributed by atoms with Gasteiger partial charge >= 0.3 is 0 Å². The van der Waals surface area contributed by atoms with E-state index < -0.39 is 0 Å². The second-order valence-electron chi connectivity index (χ2n) is 3.70. The van der Waals surface area contributed by atoms with Crippen LogP contribution in [0.4, 0.5) is 0 Å². The molecule has 0 amide bonds. The van der Waals surface area contributed by atoms with Crippen molar-refractivity contribution in [3.05, 3.63) is 29.6 Å². The van der Waals surface area contributed by atoms with Gasteiger partial charge in [0.05, 0.1) is 19.2 Å². The van der Waals surface area contributed by atoms with Gasteiger partial charge in [-0.25, -0.2) is 4.98 Å². The van der Waals surface area contributed by atoms with Gasteiger partial charge in [0.1, 0.15) is 11.6 Å². The third kappa shape index (κ3) is 2.29.